The molecule has 3 heteroatoms. The van der Waals surface area contributed by atoms with E-state index in [2.05, 4.69) is 47.5 Å². The van der Waals surface area contributed by atoms with Crippen LogP contribution in [0.2, 0.25) is 0 Å². The largest absolute Gasteiger partial charge is 0.383 e. The van der Waals surface area contributed by atoms with Gasteiger partial charge in [0.1, 0.15) is 0 Å². The molecule has 0 bridgehead atoms. The summed E-state index contributed by atoms with van der Waals surface area (Å²) >= 11 is 0. The van der Waals surface area contributed by atoms with Crippen molar-refractivity contribution in [2.45, 2.75) is 19.0 Å². The predicted molar refractivity (Wildman–Crippen MR) is 70.0 cm³/mol. The molecule has 1 atom stereocenters. The second kappa shape index (κ2) is 5.63. The number of rotatable bonds is 4. The Kier molecular flexibility index (Phi) is 4.15. The van der Waals surface area contributed by atoms with E-state index in [4.69, 9.17) is 4.74 Å². The van der Waals surface area contributed by atoms with Gasteiger partial charge in [0, 0.05) is 33.3 Å². The van der Waals surface area contributed by atoms with Gasteiger partial charge in [0.2, 0.25) is 0 Å². The number of hydrogen-bond donors (Lipinski definition) is 1. The highest BCUT2D eigenvalue weighted by Crippen LogP contribution is 2.14. The summed E-state index contributed by atoms with van der Waals surface area (Å²) in [5, 5.41) is 3.55. The Balaban J connectivity index is 1.94. The van der Waals surface area contributed by atoms with Gasteiger partial charge in [-0.1, -0.05) is 30.3 Å². The molecule has 1 aromatic rings. The van der Waals surface area contributed by atoms with Crippen molar-refractivity contribution < 1.29 is 4.74 Å². The summed E-state index contributed by atoms with van der Waals surface area (Å²) in [6, 6.07) is 10.7. The van der Waals surface area contributed by atoms with Gasteiger partial charge in [-0.15, -0.1) is 0 Å². The molecule has 1 aliphatic rings. The van der Waals surface area contributed by atoms with E-state index in [0.717, 1.165) is 32.8 Å². The van der Waals surface area contributed by atoms with Crippen molar-refractivity contribution in [2.75, 3.05) is 33.4 Å². The minimum absolute atomic E-state index is 0.0851. The molecule has 17 heavy (non-hydrogen) atoms. The highest BCUT2D eigenvalue weighted by Gasteiger charge is 2.30. The average molecular weight is 234 g/mol. The highest BCUT2D eigenvalue weighted by atomic mass is 16.5. The van der Waals surface area contributed by atoms with Crippen molar-refractivity contribution in [3.05, 3.63) is 35.9 Å². The molecule has 0 aromatic heterocycles. The smallest absolute Gasteiger partial charge is 0.0654 e. The number of hydrogen-bond acceptors (Lipinski definition) is 3. The lowest BCUT2D eigenvalue weighted by atomic mass is 10.00. The van der Waals surface area contributed by atoms with Crippen molar-refractivity contribution in [3.63, 3.8) is 0 Å². The van der Waals surface area contributed by atoms with Crippen LogP contribution in [0.1, 0.15) is 12.5 Å². The molecule has 1 N–H and O–H groups in total. The molecule has 0 aliphatic carbocycles. The van der Waals surface area contributed by atoms with E-state index in [-0.39, 0.29) is 5.54 Å². The summed E-state index contributed by atoms with van der Waals surface area (Å²) in [5.74, 6) is 0. The summed E-state index contributed by atoms with van der Waals surface area (Å²) in [7, 11) is 1.77. The van der Waals surface area contributed by atoms with Gasteiger partial charge < -0.3 is 10.1 Å². The molecule has 1 fully saturated rings. The monoisotopic (exact) mass is 234 g/mol. The molecule has 0 saturated carbocycles. The molecule has 1 aliphatic heterocycles. The van der Waals surface area contributed by atoms with Crippen molar-refractivity contribution >= 4 is 0 Å². The fourth-order valence-electron chi connectivity index (χ4n) is 2.54. The average Bonchev–Trinajstić information content (AvgIpc) is 2.30. The SMILES string of the molecule is COCC1(C)CN(Cc2ccccc2)CCN1. The van der Waals surface area contributed by atoms with E-state index in [1.807, 2.05) is 0 Å². The molecule has 1 saturated heterocycles. The Bertz CT molecular complexity index is 337. The van der Waals surface area contributed by atoms with Gasteiger partial charge in [-0.2, -0.15) is 0 Å². The number of nitrogens with zero attached hydrogens (tertiary/aromatic N) is 1. The Morgan fingerprint density at radius 2 is 2.12 bits per heavy atom. The van der Waals surface area contributed by atoms with E-state index < -0.39 is 0 Å². The van der Waals surface area contributed by atoms with Gasteiger partial charge in [0.15, 0.2) is 0 Å². The number of ether oxygens (including phenoxy) is 1. The van der Waals surface area contributed by atoms with Crippen LogP contribution in [0.25, 0.3) is 0 Å². The fourth-order valence-corrected chi connectivity index (χ4v) is 2.54. The standard InChI is InChI=1S/C14H22N2O/c1-14(12-17-2)11-16(9-8-15-14)10-13-6-4-3-5-7-13/h3-7,15H,8-12H2,1-2H3. The third-order valence-electron chi connectivity index (χ3n) is 3.26. The first-order valence-corrected chi connectivity index (χ1v) is 6.22. The first kappa shape index (κ1) is 12.6. The molecule has 1 aromatic carbocycles. The van der Waals surface area contributed by atoms with Crippen molar-refractivity contribution in [1.29, 1.82) is 0 Å². The van der Waals surface area contributed by atoms with Crippen LogP contribution in [0.3, 0.4) is 0 Å². The maximum Gasteiger partial charge on any atom is 0.0654 e. The maximum atomic E-state index is 5.29. The Labute approximate surface area is 104 Å². The third-order valence-corrected chi connectivity index (χ3v) is 3.26. The van der Waals surface area contributed by atoms with Gasteiger partial charge in [-0.25, -0.2) is 0 Å². The van der Waals surface area contributed by atoms with Gasteiger partial charge >= 0.3 is 0 Å². The zero-order valence-corrected chi connectivity index (χ0v) is 10.8. The van der Waals surface area contributed by atoms with Crippen molar-refractivity contribution in [1.82, 2.24) is 10.2 Å². The van der Waals surface area contributed by atoms with Crippen LogP contribution in [0.4, 0.5) is 0 Å². The zero-order chi connectivity index (χ0) is 12.1. The summed E-state index contributed by atoms with van der Waals surface area (Å²) in [4.78, 5) is 2.49. The minimum Gasteiger partial charge on any atom is -0.383 e. The minimum atomic E-state index is 0.0851. The summed E-state index contributed by atoms with van der Waals surface area (Å²) in [6.45, 7) is 7.20. The van der Waals surface area contributed by atoms with E-state index >= 15 is 0 Å². The van der Waals surface area contributed by atoms with Gasteiger partial charge in [0.05, 0.1) is 12.1 Å². The third kappa shape index (κ3) is 3.53. The van der Waals surface area contributed by atoms with Crippen LogP contribution in [0, 0.1) is 0 Å². The first-order chi connectivity index (χ1) is 8.22. The predicted octanol–water partition coefficient (Wildman–Crippen LogP) is 1.50. The number of methoxy groups -OCH3 is 1. The zero-order valence-electron chi connectivity index (χ0n) is 10.8. The summed E-state index contributed by atoms with van der Waals surface area (Å²) in [5.41, 5.74) is 1.47. The summed E-state index contributed by atoms with van der Waals surface area (Å²) in [6.07, 6.45) is 0. The van der Waals surface area contributed by atoms with Crippen molar-refractivity contribution in [3.8, 4) is 0 Å². The molecule has 3 nitrogen and oxygen atoms in total. The van der Waals surface area contributed by atoms with E-state index in [1.165, 1.54) is 5.56 Å². The van der Waals surface area contributed by atoms with E-state index in [1.54, 1.807) is 7.11 Å². The van der Waals surface area contributed by atoms with Crippen LogP contribution in [-0.4, -0.2) is 43.8 Å². The molecular formula is C14H22N2O. The van der Waals surface area contributed by atoms with E-state index in [9.17, 15) is 0 Å². The first-order valence-electron chi connectivity index (χ1n) is 6.22. The topological polar surface area (TPSA) is 24.5 Å². The fraction of sp³-hybridized carbons (Fsp3) is 0.571. The van der Waals surface area contributed by atoms with Crippen LogP contribution in [0.15, 0.2) is 30.3 Å². The molecular weight excluding hydrogens is 212 g/mol. The maximum absolute atomic E-state index is 5.29. The quantitative estimate of drug-likeness (QED) is 0.854. The molecule has 2 rings (SSSR count). The number of nitrogens with one attached hydrogen (secondary N) is 1. The van der Waals surface area contributed by atoms with Gasteiger partial charge in [-0.3, -0.25) is 4.90 Å². The van der Waals surface area contributed by atoms with Gasteiger partial charge in [-0.05, 0) is 12.5 Å². The van der Waals surface area contributed by atoms with Crippen LogP contribution < -0.4 is 5.32 Å². The molecule has 1 unspecified atom stereocenters. The lowest BCUT2D eigenvalue weighted by Gasteiger charge is -2.41. The summed E-state index contributed by atoms with van der Waals surface area (Å²) < 4.78 is 5.29. The lowest BCUT2D eigenvalue weighted by molar-refractivity contribution is 0.0591. The van der Waals surface area contributed by atoms with Crippen LogP contribution in [-0.2, 0) is 11.3 Å². The number of benzene rings is 1. The molecule has 0 amide bonds. The molecule has 94 valence electrons. The molecule has 0 spiro atoms. The van der Waals surface area contributed by atoms with Crippen molar-refractivity contribution in [2.24, 2.45) is 0 Å². The second-order valence-corrected chi connectivity index (χ2v) is 5.12. The number of piperazine rings is 1. The van der Waals surface area contributed by atoms with E-state index in [0.29, 0.717) is 0 Å². The van der Waals surface area contributed by atoms with Crippen LogP contribution in [0.5, 0.6) is 0 Å². The van der Waals surface area contributed by atoms with Crippen LogP contribution >= 0.6 is 0 Å². The van der Waals surface area contributed by atoms with Gasteiger partial charge in [0.25, 0.3) is 0 Å². The Morgan fingerprint density at radius 1 is 1.35 bits per heavy atom. The Hall–Kier alpha value is -0.900. The second-order valence-electron chi connectivity index (χ2n) is 5.12. The molecule has 0 radical (unpaired) electrons. The Morgan fingerprint density at radius 3 is 2.82 bits per heavy atom. The lowest BCUT2D eigenvalue weighted by Crippen LogP contribution is -2.60. The normalized spacial score (nSPS) is 26.0. The highest BCUT2D eigenvalue weighted by molar-refractivity contribution is 5.14. The molecule has 1 heterocycles.